The van der Waals surface area contributed by atoms with Crippen LogP contribution in [0.3, 0.4) is 0 Å². The molecule has 0 spiro atoms. The van der Waals surface area contributed by atoms with Crippen LogP contribution >= 0.6 is 0 Å². The Bertz CT molecular complexity index is 1380. The van der Waals surface area contributed by atoms with E-state index in [0.29, 0.717) is 5.92 Å². The fraction of sp³-hybridized carbons (Fsp3) is 0.152. The average molecular weight is 517 g/mol. The van der Waals surface area contributed by atoms with E-state index in [1.807, 2.05) is 36.7 Å². The Hall–Kier alpha value is -4.68. The van der Waals surface area contributed by atoms with Gasteiger partial charge in [-0.1, -0.05) is 121 Å². The molecular weight excluding hydrogens is 484 g/mol. The predicted molar refractivity (Wildman–Crippen MR) is 153 cm³/mol. The Balaban J connectivity index is 0.000000237. The molecule has 1 aliphatic carbocycles. The van der Waals surface area contributed by atoms with Crippen LogP contribution in [0.15, 0.2) is 134 Å². The van der Waals surface area contributed by atoms with Crippen molar-refractivity contribution in [3.8, 4) is 0 Å². The topological polar surface area (TPSA) is 96.2 Å². The Labute approximate surface area is 228 Å². The largest absolute Gasteiger partial charge is 0.445 e. The van der Waals surface area contributed by atoms with Crippen molar-refractivity contribution in [3.63, 3.8) is 0 Å². The van der Waals surface area contributed by atoms with Crippen LogP contribution in [-0.4, -0.2) is 21.7 Å². The third-order valence-corrected chi connectivity index (χ3v) is 7.01. The first-order valence-electron chi connectivity index (χ1n) is 13.0. The molecule has 196 valence electrons. The lowest BCUT2D eigenvalue weighted by Gasteiger charge is -2.37. The van der Waals surface area contributed by atoms with Crippen LogP contribution < -0.4 is 11.5 Å². The highest BCUT2D eigenvalue weighted by Gasteiger charge is 2.41. The van der Waals surface area contributed by atoms with Gasteiger partial charge in [0.25, 0.3) is 0 Å². The van der Waals surface area contributed by atoms with E-state index >= 15 is 0 Å². The van der Waals surface area contributed by atoms with Crippen LogP contribution in [0.1, 0.15) is 40.3 Å². The molecule has 0 saturated heterocycles. The maximum Gasteiger partial charge on any atom is 0.404 e. The first kappa shape index (κ1) is 25.9. The van der Waals surface area contributed by atoms with Gasteiger partial charge in [0, 0.05) is 18.2 Å². The number of primary amides is 1. The van der Waals surface area contributed by atoms with Crippen LogP contribution in [0.5, 0.6) is 0 Å². The summed E-state index contributed by atoms with van der Waals surface area (Å²) in [7, 11) is 0. The third-order valence-electron chi connectivity index (χ3n) is 7.01. The van der Waals surface area contributed by atoms with E-state index in [9.17, 15) is 4.79 Å². The molecule has 1 saturated carbocycles. The summed E-state index contributed by atoms with van der Waals surface area (Å²) in [6.07, 6.45) is 4.43. The average Bonchev–Trinajstić information content (AvgIpc) is 3.52. The number of aromatic nitrogens is 2. The lowest BCUT2D eigenvalue weighted by Crippen LogP contribution is -2.36. The molecule has 4 aromatic carbocycles. The zero-order valence-corrected chi connectivity index (χ0v) is 21.6. The van der Waals surface area contributed by atoms with Crippen molar-refractivity contribution >= 4 is 6.09 Å². The summed E-state index contributed by atoms with van der Waals surface area (Å²) >= 11 is 0. The van der Waals surface area contributed by atoms with Crippen molar-refractivity contribution in [3.05, 3.63) is 162 Å². The van der Waals surface area contributed by atoms with Crippen molar-refractivity contribution in [2.24, 2.45) is 11.5 Å². The van der Waals surface area contributed by atoms with Crippen LogP contribution in [0.25, 0.3) is 0 Å². The first-order chi connectivity index (χ1) is 19.1. The molecule has 0 unspecified atom stereocenters. The minimum atomic E-state index is -0.742. The molecule has 4 N–H and O–H groups in total. The number of carbonyl (C=O) groups is 1. The van der Waals surface area contributed by atoms with E-state index in [-0.39, 0.29) is 12.6 Å². The van der Waals surface area contributed by atoms with E-state index in [1.54, 1.807) is 0 Å². The van der Waals surface area contributed by atoms with Gasteiger partial charge in [-0.25, -0.2) is 9.78 Å². The summed E-state index contributed by atoms with van der Waals surface area (Å²) in [5.74, 6) is 0.376. The van der Waals surface area contributed by atoms with Gasteiger partial charge in [-0.15, -0.1) is 0 Å². The van der Waals surface area contributed by atoms with E-state index in [0.717, 1.165) is 17.7 Å². The molecule has 1 heterocycles. The highest BCUT2D eigenvalue weighted by atomic mass is 16.5. The Morgan fingerprint density at radius 1 is 0.795 bits per heavy atom. The molecule has 0 radical (unpaired) electrons. The van der Waals surface area contributed by atoms with Gasteiger partial charge in [0.1, 0.15) is 12.1 Å². The highest BCUT2D eigenvalue weighted by molar-refractivity contribution is 5.64. The summed E-state index contributed by atoms with van der Waals surface area (Å²) in [6, 6.07) is 41.6. The second kappa shape index (κ2) is 11.8. The maximum atomic E-state index is 10.2. The molecule has 1 fully saturated rings. The number of hydrogen-bond acceptors (Lipinski definition) is 4. The molecule has 1 aliphatic rings. The Kier molecular flexibility index (Phi) is 7.85. The molecule has 6 rings (SSSR count). The van der Waals surface area contributed by atoms with Gasteiger partial charge in [-0.05, 0) is 28.7 Å². The number of nitrogens with two attached hydrogens (primary N) is 2. The minimum absolute atomic E-state index is 0.239. The lowest BCUT2D eigenvalue weighted by molar-refractivity contribution is 0.150. The number of carbonyl (C=O) groups excluding carboxylic acids is 1. The van der Waals surface area contributed by atoms with Gasteiger partial charge in [0.15, 0.2) is 0 Å². The summed E-state index contributed by atoms with van der Waals surface area (Å²) in [5.41, 5.74) is 16.0. The van der Waals surface area contributed by atoms with E-state index < -0.39 is 11.6 Å². The minimum Gasteiger partial charge on any atom is -0.445 e. The van der Waals surface area contributed by atoms with E-state index in [1.165, 1.54) is 16.7 Å². The van der Waals surface area contributed by atoms with Crippen molar-refractivity contribution in [1.82, 2.24) is 9.55 Å². The summed E-state index contributed by atoms with van der Waals surface area (Å²) in [4.78, 5) is 14.9. The van der Waals surface area contributed by atoms with Crippen LogP contribution in [0.4, 0.5) is 4.79 Å². The summed E-state index contributed by atoms with van der Waals surface area (Å²) in [6.45, 7) is 0.246. The fourth-order valence-corrected chi connectivity index (χ4v) is 4.98. The van der Waals surface area contributed by atoms with Crippen LogP contribution in [0.2, 0.25) is 0 Å². The molecule has 6 nitrogen and oxygen atoms in total. The number of imidazole rings is 1. The number of rotatable bonds is 7. The number of amides is 1. The molecule has 6 heteroatoms. The van der Waals surface area contributed by atoms with Gasteiger partial charge >= 0.3 is 6.09 Å². The maximum absolute atomic E-state index is 10.2. The van der Waals surface area contributed by atoms with Crippen LogP contribution in [-0.2, 0) is 16.9 Å². The molecule has 0 bridgehead atoms. The third kappa shape index (κ3) is 5.76. The number of hydrogen-bond donors (Lipinski definition) is 2. The van der Waals surface area contributed by atoms with Gasteiger partial charge < -0.3 is 20.8 Å². The zero-order chi connectivity index (χ0) is 27.1. The molecule has 5 aromatic rings. The summed E-state index contributed by atoms with van der Waals surface area (Å²) in [5, 5.41) is 0. The normalized spacial score (nSPS) is 16.0. The Morgan fingerprint density at radius 2 is 1.23 bits per heavy atom. The zero-order valence-electron chi connectivity index (χ0n) is 21.6. The number of ether oxygens (including phenoxy) is 1. The molecule has 2 atom stereocenters. The molecular formula is C33H32N4O2. The monoisotopic (exact) mass is 516 g/mol. The quantitative estimate of drug-likeness (QED) is 0.267. The van der Waals surface area contributed by atoms with Crippen molar-refractivity contribution < 1.29 is 9.53 Å². The SMILES string of the molecule is NC(=O)OCc1ccccc1.N[C@@H]1C[C@H]1c1cn(C(c2ccccc2)(c2ccccc2)c2ccccc2)cn1. The standard InChI is InChI=1S/C25H23N3.C8H9NO2/c26-23-16-22(23)24-17-28(18-27-24)25(19-10-4-1-5-11-19,20-12-6-2-7-13-20)21-14-8-3-9-15-21;9-8(10)11-6-7-4-2-1-3-5-7/h1-15,17-18,22-23H,16,26H2;1-5H,6H2,(H2,9,10)/t22-,23-;/m1./s1. The lowest BCUT2D eigenvalue weighted by atomic mass is 9.77. The fourth-order valence-electron chi connectivity index (χ4n) is 4.98. The smallest absolute Gasteiger partial charge is 0.404 e. The van der Waals surface area contributed by atoms with Crippen molar-refractivity contribution in [2.45, 2.75) is 30.5 Å². The van der Waals surface area contributed by atoms with Crippen LogP contribution in [0, 0.1) is 0 Å². The molecule has 39 heavy (non-hydrogen) atoms. The summed E-state index contributed by atoms with van der Waals surface area (Å²) < 4.78 is 6.82. The first-order valence-corrected chi connectivity index (χ1v) is 13.0. The number of benzene rings is 4. The Morgan fingerprint density at radius 3 is 1.64 bits per heavy atom. The number of nitrogens with zero attached hydrogens (tertiary/aromatic N) is 2. The predicted octanol–water partition coefficient (Wildman–Crippen LogP) is 5.82. The van der Waals surface area contributed by atoms with E-state index in [2.05, 4.69) is 106 Å². The van der Waals surface area contributed by atoms with E-state index in [4.69, 9.17) is 16.5 Å². The van der Waals surface area contributed by atoms with Gasteiger partial charge in [-0.2, -0.15) is 0 Å². The van der Waals surface area contributed by atoms with Crippen molar-refractivity contribution in [1.29, 1.82) is 0 Å². The highest BCUT2D eigenvalue weighted by Crippen LogP contribution is 2.43. The second-order valence-electron chi connectivity index (χ2n) is 9.61. The molecule has 1 aromatic heterocycles. The van der Waals surface area contributed by atoms with Gasteiger partial charge in [0.2, 0.25) is 0 Å². The van der Waals surface area contributed by atoms with Gasteiger partial charge in [-0.3, -0.25) is 0 Å². The second-order valence-corrected chi connectivity index (χ2v) is 9.61. The van der Waals surface area contributed by atoms with Gasteiger partial charge in [0.05, 0.1) is 12.0 Å². The molecule has 0 aliphatic heterocycles. The molecule has 1 amide bonds. The van der Waals surface area contributed by atoms with Crippen molar-refractivity contribution in [2.75, 3.05) is 0 Å².